The Morgan fingerprint density at radius 2 is 1.50 bits per heavy atom. The number of ether oxygens (including phenoxy) is 1. The molecule has 32 heavy (non-hydrogen) atoms. The van der Waals surface area contributed by atoms with E-state index in [1.165, 1.54) is 9.47 Å². The highest BCUT2D eigenvalue weighted by Gasteiger charge is 2.29. The van der Waals surface area contributed by atoms with Gasteiger partial charge in [-0.1, -0.05) is 12.1 Å². The Morgan fingerprint density at radius 3 is 2.19 bits per heavy atom. The molecule has 13 heteroatoms. The summed E-state index contributed by atoms with van der Waals surface area (Å²) < 4.78 is 34.3. The van der Waals surface area contributed by atoms with Crippen LogP contribution < -0.4 is 15.1 Å². The number of carbonyl (C=O) groups is 2. The van der Waals surface area contributed by atoms with Crippen molar-refractivity contribution in [1.82, 2.24) is 29.8 Å². The fraction of sp³-hybridized carbons (Fsp3) is 0.368. The number of piperazine rings is 1. The Hall–Kier alpha value is -3.74. The van der Waals surface area contributed by atoms with Crippen LogP contribution in [0.2, 0.25) is 0 Å². The fourth-order valence-electron chi connectivity index (χ4n) is 3.67. The second kappa shape index (κ2) is 8.07. The highest BCUT2D eigenvalue weighted by Crippen LogP contribution is 2.28. The van der Waals surface area contributed by atoms with Gasteiger partial charge >= 0.3 is 0 Å². The van der Waals surface area contributed by atoms with E-state index in [1.807, 2.05) is 4.90 Å². The number of anilines is 2. The molecule has 1 N–H and O–H groups in total. The summed E-state index contributed by atoms with van der Waals surface area (Å²) in [6, 6.07) is 6.67. The van der Waals surface area contributed by atoms with Crippen molar-refractivity contribution < 1.29 is 23.1 Å². The predicted molar refractivity (Wildman–Crippen MR) is 108 cm³/mol. The lowest BCUT2D eigenvalue weighted by Crippen LogP contribution is -2.52. The van der Waals surface area contributed by atoms with Crippen molar-refractivity contribution in [2.24, 2.45) is 0 Å². The first-order valence-electron chi connectivity index (χ1n) is 9.92. The van der Waals surface area contributed by atoms with E-state index < -0.39 is 24.1 Å². The van der Waals surface area contributed by atoms with Gasteiger partial charge < -0.3 is 14.5 Å². The van der Waals surface area contributed by atoms with Crippen molar-refractivity contribution in [3.8, 4) is 5.95 Å². The summed E-state index contributed by atoms with van der Waals surface area (Å²) in [6.45, 7) is 1.60. The standard InChI is InChI=1S/C19H18F2N8O3/c20-15(21)16-22-11-3-1-2-4-12(11)29(16)19-25-17(27-5-7-32-8-6-27)24-18(26-19)28-9-13(30)23-14(31)10-28/h1-4,15H,5-10H2,(H,23,30,31). The minimum absolute atomic E-state index is 0.0395. The van der Waals surface area contributed by atoms with Crippen molar-refractivity contribution in [1.29, 1.82) is 0 Å². The number of imide groups is 1. The number of aromatic nitrogens is 5. The Bertz CT molecular complexity index is 1180. The monoisotopic (exact) mass is 444 g/mol. The molecule has 0 saturated carbocycles. The van der Waals surface area contributed by atoms with E-state index in [9.17, 15) is 18.4 Å². The van der Waals surface area contributed by atoms with Crippen LogP contribution in [0.25, 0.3) is 17.0 Å². The molecule has 0 spiro atoms. The summed E-state index contributed by atoms with van der Waals surface area (Å²) in [7, 11) is 0. The molecule has 0 bridgehead atoms. The van der Waals surface area contributed by atoms with Crippen LogP contribution in [0.3, 0.4) is 0 Å². The molecule has 0 aliphatic carbocycles. The number of hydrogen-bond acceptors (Lipinski definition) is 9. The minimum Gasteiger partial charge on any atom is -0.378 e. The molecule has 2 aliphatic rings. The van der Waals surface area contributed by atoms with Crippen molar-refractivity contribution in [2.45, 2.75) is 6.43 Å². The number of para-hydroxylation sites is 2. The molecule has 1 aromatic carbocycles. The Morgan fingerprint density at radius 1 is 0.875 bits per heavy atom. The van der Waals surface area contributed by atoms with E-state index >= 15 is 0 Å². The molecule has 2 fully saturated rings. The van der Waals surface area contributed by atoms with Gasteiger partial charge in [-0.25, -0.2) is 13.8 Å². The lowest BCUT2D eigenvalue weighted by molar-refractivity contribution is -0.130. The Balaban J connectivity index is 1.68. The van der Waals surface area contributed by atoms with Crippen LogP contribution in [-0.2, 0) is 14.3 Å². The maximum absolute atomic E-state index is 13.9. The van der Waals surface area contributed by atoms with Crippen LogP contribution in [-0.4, -0.2) is 75.7 Å². The van der Waals surface area contributed by atoms with Gasteiger partial charge in [-0.2, -0.15) is 15.0 Å². The second-order valence-corrected chi connectivity index (χ2v) is 7.26. The largest absolute Gasteiger partial charge is 0.378 e. The Labute approximate surface area is 180 Å². The number of amides is 2. The summed E-state index contributed by atoms with van der Waals surface area (Å²) in [4.78, 5) is 44.3. The number of benzene rings is 1. The van der Waals surface area contributed by atoms with Crippen LogP contribution in [0, 0.1) is 0 Å². The van der Waals surface area contributed by atoms with E-state index in [4.69, 9.17) is 4.74 Å². The van der Waals surface area contributed by atoms with E-state index in [0.29, 0.717) is 37.3 Å². The summed E-state index contributed by atoms with van der Waals surface area (Å²) in [5, 5.41) is 2.22. The van der Waals surface area contributed by atoms with Gasteiger partial charge in [0.15, 0.2) is 5.82 Å². The van der Waals surface area contributed by atoms with Gasteiger partial charge in [0.25, 0.3) is 6.43 Å². The summed E-state index contributed by atoms with van der Waals surface area (Å²) in [5.74, 6) is -1.31. The zero-order valence-corrected chi connectivity index (χ0v) is 16.7. The molecule has 4 heterocycles. The molecular formula is C19H18F2N8O3. The normalized spacial score (nSPS) is 17.3. The number of nitrogens with zero attached hydrogens (tertiary/aromatic N) is 7. The molecule has 166 valence electrons. The smallest absolute Gasteiger partial charge is 0.296 e. The minimum atomic E-state index is -2.88. The lowest BCUT2D eigenvalue weighted by atomic mass is 10.3. The number of halogens is 2. The molecule has 0 radical (unpaired) electrons. The van der Waals surface area contributed by atoms with E-state index in [-0.39, 0.29) is 30.9 Å². The third-order valence-corrected chi connectivity index (χ3v) is 5.11. The number of hydrogen-bond donors (Lipinski definition) is 1. The van der Waals surface area contributed by atoms with Gasteiger partial charge in [-0.15, -0.1) is 0 Å². The first-order chi connectivity index (χ1) is 15.5. The SMILES string of the molecule is O=C1CN(c2nc(N3CCOCC3)nc(-n3c(C(F)F)nc4ccccc43)n2)CC(=O)N1. The van der Waals surface area contributed by atoms with Crippen LogP contribution in [0.1, 0.15) is 12.2 Å². The van der Waals surface area contributed by atoms with Crippen LogP contribution in [0.5, 0.6) is 0 Å². The number of imidazole rings is 1. The molecule has 2 amide bonds. The fourth-order valence-corrected chi connectivity index (χ4v) is 3.67. The van der Waals surface area contributed by atoms with E-state index in [2.05, 4.69) is 25.3 Å². The molecule has 0 atom stereocenters. The first-order valence-corrected chi connectivity index (χ1v) is 9.92. The molecule has 2 aromatic heterocycles. The maximum Gasteiger partial charge on any atom is 0.296 e. The lowest BCUT2D eigenvalue weighted by Gasteiger charge is -2.29. The number of carbonyl (C=O) groups excluding carboxylic acids is 2. The Kier molecular flexibility index (Phi) is 5.09. The summed E-state index contributed by atoms with van der Waals surface area (Å²) in [6.07, 6.45) is -2.88. The van der Waals surface area contributed by atoms with Crippen LogP contribution in [0.4, 0.5) is 20.7 Å². The van der Waals surface area contributed by atoms with E-state index in [0.717, 1.165) is 0 Å². The predicted octanol–water partition coefficient (Wildman–Crippen LogP) is 0.447. The van der Waals surface area contributed by atoms with Crippen molar-refractivity contribution in [3.05, 3.63) is 30.1 Å². The zero-order valence-electron chi connectivity index (χ0n) is 16.7. The average Bonchev–Trinajstić information content (AvgIpc) is 3.19. The number of alkyl halides is 2. The van der Waals surface area contributed by atoms with Crippen molar-refractivity contribution in [3.63, 3.8) is 0 Å². The summed E-state index contributed by atoms with van der Waals surface area (Å²) >= 11 is 0. The highest BCUT2D eigenvalue weighted by molar-refractivity contribution is 6.02. The van der Waals surface area contributed by atoms with Gasteiger partial charge in [0.1, 0.15) is 13.1 Å². The molecule has 5 rings (SSSR count). The molecule has 11 nitrogen and oxygen atoms in total. The number of morpholine rings is 1. The number of nitrogens with one attached hydrogen (secondary N) is 1. The second-order valence-electron chi connectivity index (χ2n) is 7.26. The summed E-state index contributed by atoms with van der Waals surface area (Å²) in [5.41, 5.74) is 0.769. The molecule has 2 saturated heterocycles. The third kappa shape index (κ3) is 3.70. The van der Waals surface area contributed by atoms with Crippen LogP contribution in [0.15, 0.2) is 24.3 Å². The highest BCUT2D eigenvalue weighted by atomic mass is 19.3. The third-order valence-electron chi connectivity index (χ3n) is 5.11. The number of rotatable bonds is 4. The van der Waals surface area contributed by atoms with Crippen molar-refractivity contribution >= 4 is 34.7 Å². The van der Waals surface area contributed by atoms with Crippen molar-refractivity contribution in [2.75, 3.05) is 49.2 Å². The van der Waals surface area contributed by atoms with E-state index in [1.54, 1.807) is 24.3 Å². The quantitative estimate of drug-likeness (QED) is 0.572. The molecule has 2 aliphatic heterocycles. The van der Waals surface area contributed by atoms with Gasteiger partial charge in [0.05, 0.1) is 24.2 Å². The molecular weight excluding hydrogens is 426 g/mol. The van der Waals surface area contributed by atoms with Gasteiger partial charge in [-0.3, -0.25) is 19.5 Å². The zero-order chi connectivity index (χ0) is 22.2. The topological polar surface area (TPSA) is 118 Å². The average molecular weight is 444 g/mol. The molecule has 3 aromatic rings. The number of fused-ring (bicyclic) bond motifs is 1. The van der Waals surface area contributed by atoms with Gasteiger partial charge in [-0.05, 0) is 12.1 Å². The first kappa shape index (κ1) is 20.2. The van der Waals surface area contributed by atoms with Gasteiger partial charge in [0.2, 0.25) is 29.7 Å². The van der Waals surface area contributed by atoms with Gasteiger partial charge in [0, 0.05) is 13.1 Å². The molecule has 0 unspecified atom stereocenters. The van der Waals surface area contributed by atoms with Crippen LogP contribution >= 0.6 is 0 Å². The maximum atomic E-state index is 13.9.